The number of nitrogen functional groups attached to an aromatic ring is 1. The van der Waals surface area contributed by atoms with E-state index in [0.717, 1.165) is 17.0 Å². The first kappa shape index (κ1) is 20.7. The molecule has 0 aliphatic carbocycles. The van der Waals surface area contributed by atoms with Gasteiger partial charge in [-0.05, 0) is 54.7 Å². The van der Waals surface area contributed by atoms with E-state index in [1.165, 1.54) is 36.4 Å². The monoisotopic (exact) mass is 416 g/mol. The van der Waals surface area contributed by atoms with E-state index in [9.17, 15) is 9.18 Å². The normalized spacial score (nSPS) is 12.5. The van der Waals surface area contributed by atoms with Gasteiger partial charge in [-0.2, -0.15) is 11.8 Å². The molecule has 4 rings (SSSR count). The zero-order chi connectivity index (χ0) is 20.8. The van der Waals surface area contributed by atoms with Crippen LogP contribution >= 0.6 is 11.8 Å². The Kier molecular flexibility index (Phi) is 6.71. The highest BCUT2D eigenvalue weighted by Crippen LogP contribution is 2.32. The zero-order valence-corrected chi connectivity index (χ0v) is 16.6. The Balaban J connectivity index is 0.000000536. The van der Waals surface area contributed by atoms with Crippen LogP contribution in [-0.2, 0) is 4.79 Å². The number of nitrogens with zero attached hydrogens (tertiary/aromatic N) is 2. The van der Waals surface area contributed by atoms with Crippen molar-refractivity contribution in [1.82, 2.24) is 9.97 Å². The van der Waals surface area contributed by atoms with E-state index < -0.39 is 18.4 Å². The summed E-state index contributed by atoms with van der Waals surface area (Å²) in [5, 5.41) is 12.6. The van der Waals surface area contributed by atoms with Crippen molar-refractivity contribution in [2.75, 3.05) is 29.2 Å². The summed E-state index contributed by atoms with van der Waals surface area (Å²) in [6, 6.07) is 7.32. The number of nitrogens with two attached hydrogens (primary N) is 1. The third kappa shape index (κ3) is 5.47. The largest absolute Gasteiger partial charge is 0.480 e. The van der Waals surface area contributed by atoms with Gasteiger partial charge in [0.15, 0.2) is 6.61 Å². The Morgan fingerprint density at radius 2 is 2.03 bits per heavy atom. The summed E-state index contributed by atoms with van der Waals surface area (Å²) in [7, 11) is 0. The van der Waals surface area contributed by atoms with Gasteiger partial charge in [0.1, 0.15) is 23.7 Å². The molecule has 1 saturated heterocycles. The minimum Gasteiger partial charge on any atom is -0.480 e. The number of benzene rings is 2. The molecule has 2 heterocycles. The molecule has 2 aromatic carbocycles. The highest BCUT2D eigenvalue weighted by Gasteiger charge is 2.12. The van der Waals surface area contributed by atoms with Gasteiger partial charge in [0.05, 0.1) is 11.2 Å². The number of thioether (sulfide) groups is 1. The molecule has 3 aromatic rings. The number of halogens is 1. The average molecular weight is 416 g/mol. The van der Waals surface area contributed by atoms with Crippen LogP contribution in [0.25, 0.3) is 10.9 Å². The first-order valence-corrected chi connectivity index (χ1v) is 10.1. The molecule has 7 nitrogen and oxygen atoms in total. The van der Waals surface area contributed by atoms with Gasteiger partial charge in [-0.25, -0.2) is 19.2 Å². The molecule has 1 fully saturated rings. The second kappa shape index (κ2) is 9.42. The SMILES string of the molecule is C1CSC1.Cc1cc(N)cc2ncnc(Nc3ccc(F)cc3OCC(=O)O)c12. The number of hydrogen-bond acceptors (Lipinski definition) is 7. The Hall–Kier alpha value is -3.07. The summed E-state index contributed by atoms with van der Waals surface area (Å²) in [6.07, 6.45) is 2.84. The summed E-state index contributed by atoms with van der Waals surface area (Å²) in [5.41, 5.74) is 8.34. The lowest BCUT2D eigenvalue weighted by atomic mass is 10.1. The molecule has 1 aromatic heterocycles. The minimum absolute atomic E-state index is 0.0715. The number of carboxylic acids is 1. The van der Waals surface area contributed by atoms with Crippen molar-refractivity contribution in [3.05, 3.63) is 48.0 Å². The number of ether oxygens (including phenoxy) is 1. The molecular formula is C20H21FN4O3S. The van der Waals surface area contributed by atoms with Gasteiger partial charge >= 0.3 is 5.97 Å². The molecule has 1 aliphatic heterocycles. The maximum Gasteiger partial charge on any atom is 0.341 e. The van der Waals surface area contributed by atoms with Crippen LogP contribution in [-0.4, -0.2) is 39.2 Å². The lowest BCUT2D eigenvalue weighted by Crippen LogP contribution is -2.11. The number of anilines is 3. The van der Waals surface area contributed by atoms with Crippen molar-refractivity contribution in [1.29, 1.82) is 0 Å². The fourth-order valence-corrected chi connectivity index (χ4v) is 2.93. The van der Waals surface area contributed by atoms with E-state index in [0.29, 0.717) is 22.7 Å². The van der Waals surface area contributed by atoms with Crippen LogP contribution < -0.4 is 15.8 Å². The Bertz CT molecular complexity index is 1020. The van der Waals surface area contributed by atoms with E-state index in [-0.39, 0.29) is 5.75 Å². The first-order chi connectivity index (χ1) is 13.9. The summed E-state index contributed by atoms with van der Waals surface area (Å²) in [4.78, 5) is 19.1. The number of aliphatic carboxylic acids is 1. The van der Waals surface area contributed by atoms with Gasteiger partial charge in [0, 0.05) is 17.1 Å². The number of hydrogen-bond donors (Lipinski definition) is 3. The quantitative estimate of drug-likeness (QED) is 0.536. The minimum atomic E-state index is -1.16. The third-order valence-electron chi connectivity index (χ3n) is 4.08. The first-order valence-electron chi connectivity index (χ1n) is 8.94. The van der Waals surface area contributed by atoms with Gasteiger partial charge in [0.2, 0.25) is 0 Å². The van der Waals surface area contributed by atoms with Crippen molar-refractivity contribution in [3.63, 3.8) is 0 Å². The highest BCUT2D eigenvalue weighted by molar-refractivity contribution is 8.00. The van der Waals surface area contributed by atoms with Gasteiger partial charge in [-0.15, -0.1) is 0 Å². The molecule has 0 radical (unpaired) electrons. The number of carbonyl (C=O) groups is 1. The molecule has 0 amide bonds. The standard InChI is InChI=1S/C17H15FN4O3.C3H6S/c1-9-4-11(19)6-13-16(9)17(21-8-20-13)22-12-3-2-10(18)5-14(12)25-7-15(23)24;1-2-4-3-1/h2-6,8H,7,19H2,1H3,(H,23,24)(H,20,21,22);1-3H2. The molecular weight excluding hydrogens is 395 g/mol. The molecule has 0 atom stereocenters. The molecule has 9 heteroatoms. The van der Waals surface area contributed by atoms with Gasteiger partial charge in [-0.3, -0.25) is 0 Å². The second-order valence-corrected chi connectivity index (χ2v) is 7.59. The Morgan fingerprint density at radius 1 is 1.31 bits per heavy atom. The zero-order valence-electron chi connectivity index (χ0n) is 15.8. The molecule has 152 valence electrons. The lowest BCUT2D eigenvalue weighted by molar-refractivity contribution is -0.139. The molecule has 4 N–H and O–H groups in total. The van der Waals surface area contributed by atoms with Crippen molar-refractivity contribution in [2.45, 2.75) is 13.3 Å². The van der Waals surface area contributed by atoms with E-state index >= 15 is 0 Å². The molecule has 0 bridgehead atoms. The molecule has 0 spiro atoms. The van der Waals surface area contributed by atoms with Crippen molar-refractivity contribution in [2.24, 2.45) is 0 Å². The van der Waals surface area contributed by atoms with Crippen LogP contribution in [0.4, 0.5) is 21.6 Å². The van der Waals surface area contributed by atoms with E-state index in [4.69, 9.17) is 15.6 Å². The number of aromatic nitrogens is 2. The van der Waals surface area contributed by atoms with Crippen molar-refractivity contribution >= 4 is 45.8 Å². The van der Waals surface area contributed by atoms with E-state index in [2.05, 4.69) is 15.3 Å². The predicted octanol–water partition coefficient (Wildman–Crippen LogP) is 3.99. The van der Waals surface area contributed by atoms with Gasteiger partial charge in [-0.1, -0.05) is 0 Å². The molecule has 1 aliphatic rings. The summed E-state index contributed by atoms with van der Waals surface area (Å²) in [6.45, 7) is 1.29. The summed E-state index contributed by atoms with van der Waals surface area (Å²) >= 11 is 2.04. The average Bonchev–Trinajstić information content (AvgIpc) is 2.60. The smallest absolute Gasteiger partial charge is 0.341 e. The maximum atomic E-state index is 13.5. The van der Waals surface area contributed by atoms with Crippen LogP contribution in [0.1, 0.15) is 12.0 Å². The number of nitrogens with one attached hydrogen (secondary N) is 1. The summed E-state index contributed by atoms with van der Waals surface area (Å²) in [5.74, 6) is 1.69. The third-order valence-corrected chi connectivity index (χ3v) is 5.24. The van der Waals surface area contributed by atoms with Crippen LogP contribution in [0, 0.1) is 12.7 Å². The number of aryl methyl sites for hydroxylation is 1. The lowest BCUT2D eigenvalue weighted by Gasteiger charge is -2.14. The Morgan fingerprint density at radius 3 is 2.69 bits per heavy atom. The Labute approximate surface area is 171 Å². The molecule has 0 unspecified atom stereocenters. The highest BCUT2D eigenvalue weighted by atomic mass is 32.2. The number of fused-ring (bicyclic) bond motifs is 1. The van der Waals surface area contributed by atoms with E-state index in [1.807, 2.05) is 18.7 Å². The van der Waals surface area contributed by atoms with Gasteiger partial charge < -0.3 is 20.9 Å². The van der Waals surface area contributed by atoms with E-state index in [1.54, 1.807) is 12.1 Å². The fraction of sp³-hybridized carbons (Fsp3) is 0.250. The van der Waals surface area contributed by atoms with Gasteiger partial charge in [0.25, 0.3) is 0 Å². The molecule has 0 saturated carbocycles. The van der Waals surface area contributed by atoms with Crippen LogP contribution in [0.2, 0.25) is 0 Å². The fourth-order valence-electron chi connectivity index (χ4n) is 2.64. The van der Waals surface area contributed by atoms with Crippen molar-refractivity contribution < 1.29 is 19.0 Å². The second-order valence-electron chi connectivity index (χ2n) is 6.37. The maximum absolute atomic E-state index is 13.5. The molecule has 29 heavy (non-hydrogen) atoms. The number of carboxylic acid groups (broad SMARTS) is 1. The van der Waals surface area contributed by atoms with Crippen molar-refractivity contribution in [3.8, 4) is 5.75 Å². The number of rotatable bonds is 5. The summed E-state index contributed by atoms with van der Waals surface area (Å²) < 4.78 is 18.6. The van der Waals surface area contributed by atoms with Crippen LogP contribution in [0.3, 0.4) is 0 Å². The predicted molar refractivity (Wildman–Crippen MR) is 113 cm³/mol. The van der Waals surface area contributed by atoms with Crippen LogP contribution in [0.5, 0.6) is 5.75 Å². The van der Waals surface area contributed by atoms with Crippen LogP contribution in [0.15, 0.2) is 36.7 Å². The topological polar surface area (TPSA) is 110 Å².